The lowest BCUT2D eigenvalue weighted by Gasteiger charge is -2.18. The number of urea groups is 1. The number of amides is 2. The van der Waals surface area contributed by atoms with Gasteiger partial charge in [0.15, 0.2) is 0 Å². The number of carbonyl (C=O) groups excluding carboxylic acids is 1. The Kier molecular flexibility index (Phi) is 4.93. The molecule has 2 amide bonds. The molecular formula is C19H18ClN5O2. The quantitative estimate of drug-likeness (QED) is 0.747. The SMILES string of the molecule is O=C(Nc1ccc(-n2ccnn2)cc1)N1CCC(Oc2ccccc2Cl)C1. The fourth-order valence-electron chi connectivity index (χ4n) is 2.97. The number of nitrogens with zero attached hydrogens (tertiary/aromatic N) is 4. The minimum absolute atomic E-state index is 0.0645. The van der Waals surface area contributed by atoms with E-state index in [1.54, 1.807) is 28.0 Å². The molecule has 1 aromatic heterocycles. The first-order valence-corrected chi connectivity index (χ1v) is 9.01. The van der Waals surface area contributed by atoms with Gasteiger partial charge in [-0.05, 0) is 36.4 Å². The number of hydrogen-bond donors (Lipinski definition) is 1. The fraction of sp³-hybridized carbons (Fsp3) is 0.211. The Labute approximate surface area is 161 Å². The van der Waals surface area contributed by atoms with Gasteiger partial charge in [0.25, 0.3) is 0 Å². The predicted molar refractivity (Wildman–Crippen MR) is 102 cm³/mol. The van der Waals surface area contributed by atoms with E-state index in [1.165, 1.54) is 0 Å². The lowest BCUT2D eigenvalue weighted by Crippen LogP contribution is -2.34. The molecule has 138 valence electrons. The Balaban J connectivity index is 1.33. The molecule has 0 spiro atoms. The summed E-state index contributed by atoms with van der Waals surface area (Å²) in [6, 6.07) is 14.6. The number of aromatic nitrogens is 3. The zero-order chi connectivity index (χ0) is 18.6. The third-order valence-electron chi connectivity index (χ3n) is 4.37. The van der Waals surface area contributed by atoms with Crippen molar-refractivity contribution in [1.29, 1.82) is 0 Å². The normalized spacial score (nSPS) is 16.3. The first-order chi connectivity index (χ1) is 13.2. The summed E-state index contributed by atoms with van der Waals surface area (Å²) in [5.74, 6) is 0.648. The van der Waals surface area contributed by atoms with Gasteiger partial charge in [0.05, 0.1) is 29.6 Å². The Bertz CT molecular complexity index is 914. The number of rotatable bonds is 4. The summed E-state index contributed by atoms with van der Waals surface area (Å²) in [5.41, 5.74) is 1.60. The van der Waals surface area contributed by atoms with Gasteiger partial charge < -0.3 is 15.0 Å². The van der Waals surface area contributed by atoms with E-state index in [0.29, 0.717) is 23.9 Å². The van der Waals surface area contributed by atoms with Gasteiger partial charge in [-0.1, -0.05) is 28.9 Å². The molecule has 2 heterocycles. The summed E-state index contributed by atoms with van der Waals surface area (Å²) in [7, 11) is 0. The van der Waals surface area contributed by atoms with Gasteiger partial charge in [0, 0.05) is 18.7 Å². The number of nitrogens with one attached hydrogen (secondary N) is 1. The van der Waals surface area contributed by atoms with Crippen LogP contribution in [0.4, 0.5) is 10.5 Å². The molecule has 27 heavy (non-hydrogen) atoms. The Morgan fingerprint density at radius 2 is 2.00 bits per heavy atom. The van der Waals surface area contributed by atoms with Crippen LogP contribution < -0.4 is 10.1 Å². The van der Waals surface area contributed by atoms with Crippen molar-refractivity contribution in [3.05, 3.63) is 65.9 Å². The zero-order valence-corrected chi connectivity index (χ0v) is 15.2. The second kappa shape index (κ2) is 7.67. The summed E-state index contributed by atoms with van der Waals surface area (Å²) in [4.78, 5) is 14.2. The molecule has 8 heteroatoms. The number of benzene rings is 2. The van der Waals surface area contributed by atoms with Crippen LogP contribution in [0.15, 0.2) is 60.9 Å². The third kappa shape index (κ3) is 4.03. The molecule has 2 aromatic carbocycles. The highest BCUT2D eigenvalue weighted by molar-refractivity contribution is 6.32. The average Bonchev–Trinajstić information content (AvgIpc) is 3.36. The first kappa shape index (κ1) is 17.4. The molecular weight excluding hydrogens is 366 g/mol. The van der Waals surface area contributed by atoms with Crippen molar-refractivity contribution in [2.75, 3.05) is 18.4 Å². The molecule has 1 N–H and O–H groups in total. The summed E-state index contributed by atoms with van der Waals surface area (Å²) >= 11 is 6.13. The summed E-state index contributed by atoms with van der Waals surface area (Å²) in [6.07, 6.45) is 4.08. The maximum Gasteiger partial charge on any atom is 0.321 e. The van der Waals surface area contributed by atoms with E-state index in [0.717, 1.165) is 17.8 Å². The van der Waals surface area contributed by atoms with E-state index >= 15 is 0 Å². The average molecular weight is 384 g/mol. The number of para-hydroxylation sites is 1. The number of hydrogen-bond acceptors (Lipinski definition) is 4. The first-order valence-electron chi connectivity index (χ1n) is 8.63. The van der Waals surface area contributed by atoms with Crippen LogP contribution >= 0.6 is 11.6 Å². The van der Waals surface area contributed by atoms with Gasteiger partial charge >= 0.3 is 6.03 Å². The Hall–Kier alpha value is -3.06. The molecule has 0 radical (unpaired) electrons. The van der Waals surface area contributed by atoms with Gasteiger partial charge in [0.2, 0.25) is 0 Å². The topological polar surface area (TPSA) is 72.3 Å². The molecule has 1 aliphatic rings. The highest BCUT2D eigenvalue weighted by atomic mass is 35.5. The molecule has 1 fully saturated rings. The van der Waals surface area contributed by atoms with Gasteiger partial charge in [0.1, 0.15) is 11.9 Å². The largest absolute Gasteiger partial charge is 0.487 e. The summed E-state index contributed by atoms with van der Waals surface area (Å²) < 4.78 is 7.58. The molecule has 0 saturated carbocycles. The lowest BCUT2D eigenvalue weighted by molar-refractivity contribution is 0.195. The lowest BCUT2D eigenvalue weighted by atomic mass is 10.3. The maximum atomic E-state index is 12.5. The number of anilines is 1. The number of likely N-dealkylation sites (tertiary alicyclic amines) is 1. The minimum atomic E-state index is -0.145. The highest BCUT2D eigenvalue weighted by Gasteiger charge is 2.28. The Morgan fingerprint density at radius 1 is 1.19 bits per heavy atom. The zero-order valence-electron chi connectivity index (χ0n) is 14.5. The molecule has 1 atom stereocenters. The van der Waals surface area contributed by atoms with Crippen LogP contribution in [0.1, 0.15) is 6.42 Å². The van der Waals surface area contributed by atoms with Crippen LogP contribution in [0.3, 0.4) is 0 Å². The van der Waals surface area contributed by atoms with E-state index in [2.05, 4.69) is 15.6 Å². The molecule has 1 saturated heterocycles. The van der Waals surface area contributed by atoms with Crippen molar-refractivity contribution in [2.24, 2.45) is 0 Å². The van der Waals surface area contributed by atoms with Crippen LogP contribution in [0.2, 0.25) is 5.02 Å². The van der Waals surface area contributed by atoms with Gasteiger partial charge in [-0.3, -0.25) is 0 Å². The third-order valence-corrected chi connectivity index (χ3v) is 4.68. The standard InChI is InChI=1S/C19H18ClN5O2/c20-17-3-1-2-4-18(17)27-16-9-11-24(13-16)19(26)22-14-5-7-15(8-6-14)25-12-10-21-23-25/h1-8,10,12,16H,9,11,13H2,(H,22,26). The highest BCUT2D eigenvalue weighted by Crippen LogP contribution is 2.26. The molecule has 0 aliphatic carbocycles. The number of carbonyl (C=O) groups is 1. The van der Waals surface area contributed by atoms with Crippen LogP contribution in [0, 0.1) is 0 Å². The number of ether oxygens (including phenoxy) is 1. The molecule has 7 nitrogen and oxygen atoms in total. The van der Waals surface area contributed by atoms with E-state index < -0.39 is 0 Å². The Morgan fingerprint density at radius 3 is 2.74 bits per heavy atom. The summed E-state index contributed by atoms with van der Waals surface area (Å²) in [6.45, 7) is 1.16. The van der Waals surface area contributed by atoms with Gasteiger partial charge in [-0.15, -0.1) is 5.10 Å². The van der Waals surface area contributed by atoms with Crippen molar-refractivity contribution in [2.45, 2.75) is 12.5 Å². The van der Waals surface area contributed by atoms with Crippen molar-refractivity contribution in [1.82, 2.24) is 19.9 Å². The van der Waals surface area contributed by atoms with Crippen molar-refractivity contribution >= 4 is 23.3 Å². The molecule has 3 aromatic rings. The van der Waals surface area contributed by atoms with Gasteiger partial charge in [-0.25, -0.2) is 9.48 Å². The minimum Gasteiger partial charge on any atom is -0.487 e. The number of halogens is 1. The maximum absolute atomic E-state index is 12.5. The molecule has 4 rings (SSSR count). The second-order valence-corrected chi connectivity index (χ2v) is 6.64. The molecule has 1 unspecified atom stereocenters. The van der Waals surface area contributed by atoms with Crippen LogP contribution in [-0.4, -0.2) is 45.1 Å². The van der Waals surface area contributed by atoms with Gasteiger partial charge in [-0.2, -0.15) is 0 Å². The van der Waals surface area contributed by atoms with E-state index in [1.807, 2.05) is 42.5 Å². The fourth-order valence-corrected chi connectivity index (χ4v) is 3.15. The second-order valence-electron chi connectivity index (χ2n) is 6.23. The van der Waals surface area contributed by atoms with Crippen molar-refractivity contribution in [3.63, 3.8) is 0 Å². The summed E-state index contributed by atoms with van der Waals surface area (Å²) in [5, 5.41) is 11.2. The van der Waals surface area contributed by atoms with E-state index in [9.17, 15) is 4.79 Å². The van der Waals surface area contributed by atoms with Crippen LogP contribution in [0.5, 0.6) is 5.75 Å². The molecule has 0 bridgehead atoms. The molecule has 1 aliphatic heterocycles. The van der Waals surface area contributed by atoms with Crippen molar-refractivity contribution < 1.29 is 9.53 Å². The van der Waals surface area contributed by atoms with E-state index in [-0.39, 0.29) is 12.1 Å². The monoisotopic (exact) mass is 383 g/mol. The smallest absolute Gasteiger partial charge is 0.321 e. The van der Waals surface area contributed by atoms with E-state index in [4.69, 9.17) is 16.3 Å². The van der Waals surface area contributed by atoms with Crippen LogP contribution in [0.25, 0.3) is 5.69 Å². The van der Waals surface area contributed by atoms with Crippen molar-refractivity contribution in [3.8, 4) is 11.4 Å². The van der Waals surface area contributed by atoms with Crippen LogP contribution in [-0.2, 0) is 0 Å². The predicted octanol–water partition coefficient (Wildman–Crippen LogP) is 3.61.